The van der Waals surface area contributed by atoms with Crippen LogP contribution in [0.1, 0.15) is 19.8 Å². The van der Waals surface area contributed by atoms with Crippen molar-refractivity contribution in [1.82, 2.24) is 4.90 Å². The molecule has 0 saturated heterocycles. The molecule has 0 atom stereocenters. The van der Waals surface area contributed by atoms with E-state index in [0.29, 0.717) is 0 Å². The van der Waals surface area contributed by atoms with Crippen LogP contribution in [-0.2, 0) is 0 Å². The molecular weight excluding hydrogens is 232 g/mol. The fraction of sp³-hybridized carbons (Fsp3) is 0.571. The number of nitrogens with zero attached hydrogens (tertiary/aromatic N) is 2. The molecule has 0 N–H and O–H groups in total. The van der Waals surface area contributed by atoms with Crippen molar-refractivity contribution in [2.45, 2.75) is 19.8 Å². The Hall–Kier alpha value is -0.730. The van der Waals surface area contributed by atoms with Crippen molar-refractivity contribution < 1.29 is 0 Å². The third-order valence-corrected chi connectivity index (χ3v) is 3.19. The van der Waals surface area contributed by atoms with Crippen LogP contribution < -0.4 is 4.90 Å². The molecule has 0 bridgehead atoms. The Morgan fingerprint density at radius 2 is 1.88 bits per heavy atom. The summed E-state index contributed by atoms with van der Waals surface area (Å²) in [6.45, 7) is 5.52. The zero-order valence-corrected chi connectivity index (χ0v) is 11.9. The number of hydrogen-bond donors (Lipinski definition) is 0. The molecule has 1 aromatic rings. The molecule has 96 valence electrons. The van der Waals surface area contributed by atoms with E-state index in [9.17, 15) is 0 Å². The van der Waals surface area contributed by atoms with Gasteiger partial charge in [-0.15, -0.1) is 0 Å². The van der Waals surface area contributed by atoms with E-state index in [-0.39, 0.29) is 0 Å². The Labute approximate surface area is 110 Å². The quantitative estimate of drug-likeness (QED) is 0.735. The van der Waals surface area contributed by atoms with E-state index in [1.165, 1.54) is 25.1 Å². The molecule has 0 aliphatic heterocycles. The highest BCUT2D eigenvalue weighted by Gasteiger charge is 2.03. The molecule has 0 aliphatic rings. The number of anilines is 1. The summed E-state index contributed by atoms with van der Waals surface area (Å²) in [6, 6.07) is 8.01. The summed E-state index contributed by atoms with van der Waals surface area (Å²) < 4.78 is 0. The minimum Gasteiger partial charge on any atom is -0.373 e. The maximum absolute atomic E-state index is 5.98. The second kappa shape index (κ2) is 7.57. The molecule has 17 heavy (non-hydrogen) atoms. The Bertz CT molecular complexity index is 328. The molecule has 2 nitrogen and oxygen atoms in total. The lowest BCUT2D eigenvalue weighted by atomic mass is 10.3. The first-order valence-electron chi connectivity index (χ1n) is 6.28. The van der Waals surface area contributed by atoms with Gasteiger partial charge in [-0.2, -0.15) is 0 Å². The lowest BCUT2D eigenvalue weighted by molar-refractivity contribution is 0.335. The minimum absolute atomic E-state index is 0.800. The van der Waals surface area contributed by atoms with Crippen molar-refractivity contribution in [3.05, 3.63) is 29.3 Å². The van der Waals surface area contributed by atoms with Crippen molar-refractivity contribution in [1.29, 1.82) is 0 Å². The highest BCUT2D eigenvalue weighted by atomic mass is 35.5. The van der Waals surface area contributed by atoms with Gasteiger partial charge in [0.25, 0.3) is 0 Å². The molecule has 0 radical (unpaired) electrons. The second-order valence-electron chi connectivity index (χ2n) is 4.56. The molecule has 0 unspecified atom stereocenters. The number of rotatable bonds is 7. The zero-order chi connectivity index (χ0) is 12.7. The Morgan fingerprint density at radius 3 is 2.53 bits per heavy atom. The maximum atomic E-state index is 5.98. The molecule has 1 rings (SSSR count). The van der Waals surface area contributed by atoms with Gasteiger partial charge in [-0.3, -0.25) is 0 Å². The summed E-state index contributed by atoms with van der Waals surface area (Å²) in [7, 11) is 4.29. The molecule has 0 aromatic heterocycles. The van der Waals surface area contributed by atoms with Crippen LogP contribution in [0.5, 0.6) is 0 Å². The van der Waals surface area contributed by atoms with Crippen LogP contribution in [0.2, 0.25) is 5.02 Å². The lowest BCUT2D eigenvalue weighted by Gasteiger charge is -2.23. The van der Waals surface area contributed by atoms with Crippen LogP contribution in [0.4, 0.5) is 5.69 Å². The van der Waals surface area contributed by atoms with Crippen LogP contribution in [0.3, 0.4) is 0 Å². The van der Waals surface area contributed by atoms with Crippen LogP contribution in [0.25, 0.3) is 0 Å². The molecule has 0 saturated carbocycles. The molecule has 0 heterocycles. The van der Waals surface area contributed by atoms with Crippen LogP contribution >= 0.6 is 11.6 Å². The molecule has 3 heteroatoms. The number of likely N-dealkylation sites (N-methyl/N-ethyl adjacent to an activating group) is 2. The maximum Gasteiger partial charge on any atom is 0.0426 e. The molecule has 0 aliphatic carbocycles. The molecular formula is C14H23ClN2. The van der Waals surface area contributed by atoms with E-state index in [0.717, 1.165) is 18.1 Å². The summed E-state index contributed by atoms with van der Waals surface area (Å²) in [5.41, 5.74) is 1.18. The summed E-state index contributed by atoms with van der Waals surface area (Å²) in [5.74, 6) is 0. The van der Waals surface area contributed by atoms with E-state index < -0.39 is 0 Å². The van der Waals surface area contributed by atoms with Crippen molar-refractivity contribution in [2.24, 2.45) is 0 Å². The molecule has 1 aromatic carbocycles. The Balaban J connectivity index is 2.36. The summed E-state index contributed by atoms with van der Waals surface area (Å²) in [5, 5.41) is 0.800. The number of halogens is 1. The van der Waals surface area contributed by atoms with E-state index in [1.54, 1.807) is 0 Å². The normalized spacial score (nSPS) is 10.9. The summed E-state index contributed by atoms with van der Waals surface area (Å²) >= 11 is 5.98. The van der Waals surface area contributed by atoms with Crippen molar-refractivity contribution >= 4 is 17.3 Å². The zero-order valence-electron chi connectivity index (χ0n) is 11.1. The number of hydrogen-bond acceptors (Lipinski definition) is 2. The van der Waals surface area contributed by atoms with Gasteiger partial charge in [0.05, 0.1) is 0 Å². The van der Waals surface area contributed by atoms with Gasteiger partial charge >= 0.3 is 0 Å². The van der Waals surface area contributed by atoms with Gasteiger partial charge in [-0.25, -0.2) is 0 Å². The van der Waals surface area contributed by atoms with Gasteiger partial charge < -0.3 is 9.80 Å². The van der Waals surface area contributed by atoms with Crippen molar-refractivity contribution in [3.63, 3.8) is 0 Å². The predicted molar refractivity (Wildman–Crippen MR) is 77.1 cm³/mol. The SMILES string of the molecule is CCCCN(C)CCN(C)c1cccc(Cl)c1. The first-order chi connectivity index (χ1) is 8.13. The van der Waals surface area contributed by atoms with Crippen LogP contribution in [0, 0.1) is 0 Å². The average Bonchev–Trinajstić information content (AvgIpc) is 2.33. The van der Waals surface area contributed by atoms with E-state index >= 15 is 0 Å². The van der Waals surface area contributed by atoms with Crippen LogP contribution in [0.15, 0.2) is 24.3 Å². The summed E-state index contributed by atoms with van der Waals surface area (Å²) in [6.07, 6.45) is 2.53. The second-order valence-corrected chi connectivity index (χ2v) is 4.99. The Kier molecular flexibility index (Phi) is 6.38. The number of benzene rings is 1. The van der Waals surface area contributed by atoms with Gasteiger partial charge in [0.15, 0.2) is 0 Å². The fourth-order valence-corrected chi connectivity index (χ4v) is 1.89. The molecule has 0 amide bonds. The summed E-state index contributed by atoms with van der Waals surface area (Å²) in [4.78, 5) is 4.62. The monoisotopic (exact) mass is 254 g/mol. The minimum atomic E-state index is 0.800. The van der Waals surface area contributed by atoms with E-state index in [1.807, 2.05) is 18.2 Å². The average molecular weight is 255 g/mol. The van der Waals surface area contributed by atoms with E-state index in [2.05, 4.69) is 36.9 Å². The largest absolute Gasteiger partial charge is 0.373 e. The standard InChI is InChI=1S/C14H23ClN2/c1-4-5-9-16(2)10-11-17(3)14-8-6-7-13(15)12-14/h6-8,12H,4-5,9-11H2,1-3H3. The predicted octanol–water partition coefficient (Wildman–Crippen LogP) is 3.51. The van der Waals surface area contributed by atoms with Gasteiger partial charge in [-0.1, -0.05) is 31.0 Å². The Morgan fingerprint density at radius 1 is 1.12 bits per heavy atom. The van der Waals surface area contributed by atoms with Crippen LogP contribution in [-0.4, -0.2) is 38.6 Å². The first kappa shape index (κ1) is 14.3. The third-order valence-electron chi connectivity index (χ3n) is 2.96. The van der Waals surface area contributed by atoms with Gasteiger partial charge in [0.1, 0.15) is 0 Å². The fourth-order valence-electron chi connectivity index (χ4n) is 1.70. The highest BCUT2D eigenvalue weighted by molar-refractivity contribution is 6.30. The number of unbranched alkanes of at least 4 members (excludes halogenated alkanes) is 1. The van der Waals surface area contributed by atoms with Gasteiger partial charge in [0, 0.05) is 30.8 Å². The van der Waals surface area contributed by atoms with Gasteiger partial charge in [-0.05, 0) is 38.2 Å². The smallest absolute Gasteiger partial charge is 0.0426 e. The topological polar surface area (TPSA) is 6.48 Å². The van der Waals surface area contributed by atoms with Gasteiger partial charge in [0.2, 0.25) is 0 Å². The molecule has 0 spiro atoms. The van der Waals surface area contributed by atoms with Crippen molar-refractivity contribution in [3.8, 4) is 0 Å². The first-order valence-corrected chi connectivity index (χ1v) is 6.66. The third kappa shape index (κ3) is 5.42. The highest BCUT2D eigenvalue weighted by Crippen LogP contribution is 2.17. The van der Waals surface area contributed by atoms with E-state index in [4.69, 9.17) is 11.6 Å². The molecule has 0 fully saturated rings. The lowest BCUT2D eigenvalue weighted by Crippen LogP contribution is -2.31. The van der Waals surface area contributed by atoms with Crippen molar-refractivity contribution in [2.75, 3.05) is 38.6 Å².